The second-order valence-electron chi connectivity index (χ2n) is 4.03. The molecule has 0 amide bonds. The zero-order chi connectivity index (χ0) is 11.7. The van der Waals surface area contributed by atoms with E-state index in [4.69, 9.17) is 5.73 Å². The average Bonchev–Trinajstić information content (AvgIpc) is 2.96. The van der Waals surface area contributed by atoms with E-state index in [0.29, 0.717) is 6.42 Å². The number of fused-ring (bicyclic) bond motifs is 1. The van der Waals surface area contributed by atoms with Crippen LogP contribution < -0.4 is 5.73 Å². The van der Waals surface area contributed by atoms with Gasteiger partial charge >= 0.3 is 0 Å². The van der Waals surface area contributed by atoms with Gasteiger partial charge in [-0.15, -0.1) is 0 Å². The number of aromatic amines is 2. The summed E-state index contributed by atoms with van der Waals surface area (Å²) in [5.74, 6) is 0.806. The SMILES string of the molecule is N[C@H](Cc1cnc[nH]1)c1nc2ccccc2[nH]1. The van der Waals surface area contributed by atoms with Gasteiger partial charge in [-0.2, -0.15) is 0 Å². The Morgan fingerprint density at radius 2 is 2.18 bits per heavy atom. The molecular formula is C12H13N5. The zero-order valence-corrected chi connectivity index (χ0v) is 9.22. The summed E-state index contributed by atoms with van der Waals surface area (Å²) in [6, 6.07) is 7.76. The number of hydrogen-bond acceptors (Lipinski definition) is 3. The van der Waals surface area contributed by atoms with Gasteiger partial charge < -0.3 is 15.7 Å². The van der Waals surface area contributed by atoms with Crippen LogP contribution in [0.3, 0.4) is 0 Å². The lowest BCUT2D eigenvalue weighted by Gasteiger charge is -2.05. The number of nitrogens with one attached hydrogen (secondary N) is 2. The highest BCUT2D eigenvalue weighted by molar-refractivity contribution is 5.74. The first-order valence-electron chi connectivity index (χ1n) is 5.50. The van der Waals surface area contributed by atoms with E-state index < -0.39 is 0 Å². The van der Waals surface area contributed by atoms with Gasteiger partial charge in [0.2, 0.25) is 0 Å². The van der Waals surface area contributed by atoms with Gasteiger partial charge in [-0.05, 0) is 12.1 Å². The Labute approximate surface area is 98.1 Å². The molecule has 5 heteroatoms. The van der Waals surface area contributed by atoms with E-state index in [9.17, 15) is 0 Å². The van der Waals surface area contributed by atoms with Crippen LogP contribution in [0.4, 0.5) is 0 Å². The van der Waals surface area contributed by atoms with E-state index in [0.717, 1.165) is 22.6 Å². The molecule has 0 aliphatic carbocycles. The van der Waals surface area contributed by atoms with Crippen molar-refractivity contribution in [2.24, 2.45) is 5.73 Å². The van der Waals surface area contributed by atoms with E-state index in [-0.39, 0.29) is 6.04 Å². The third-order valence-corrected chi connectivity index (χ3v) is 2.75. The van der Waals surface area contributed by atoms with Crippen molar-refractivity contribution in [1.82, 2.24) is 19.9 Å². The molecular weight excluding hydrogens is 214 g/mol. The van der Waals surface area contributed by atoms with Crippen LogP contribution in [0.5, 0.6) is 0 Å². The monoisotopic (exact) mass is 227 g/mol. The maximum Gasteiger partial charge on any atom is 0.124 e. The van der Waals surface area contributed by atoms with E-state index in [1.807, 2.05) is 24.3 Å². The van der Waals surface area contributed by atoms with Crippen LogP contribution in [0.2, 0.25) is 0 Å². The molecule has 17 heavy (non-hydrogen) atoms. The lowest BCUT2D eigenvalue weighted by molar-refractivity contribution is 0.671. The molecule has 1 atom stereocenters. The van der Waals surface area contributed by atoms with Crippen LogP contribution in [0.1, 0.15) is 17.6 Å². The summed E-state index contributed by atoms with van der Waals surface area (Å²) in [7, 11) is 0. The van der Waals surface area contributed by atoms with Crippen molar-refractivity contribution in [3.63, 3.8) is 0 Å². The minimum atomic E-state index is -0.150. The number of para-hydroxylation sites is 2. The largest absolute Gasteiger partial charge is 0.348 e. The molecule has 0 aliphatic heterocycles. The molecule has 2 aromatic heterocycles. The Balaban J connectivity index is 1.88. The number of hydrogen-bond donors (Lipinski definition) is 3. The molecule has 1 aromatic carbocycles. The molecule has 0 bridgehead atoms. The first-order valence-corrected chi connectivity index (χ1v) is 5.50. The topological polar surface area (TPSA) is 83.4 Å². The van der Waals surface area contributed by atoms with Gasteiger partial charge in [0, 0.05) is 18.3 Å². The van der Waals surface area contributed by atoms with Gasteiger partial charge in [-0.25, -0.2) is 9.97 Å². The molecule has 0 fully saturated rings. The van der Waals surface area contributed by atoms with Crippen molar-refractivity contribution >= 4 is 11.0 Å². The highest BCUT2D eigenvalue weighted by atomic mass is 15.0. The molecule has 3 rings (SSSR count). The molecule has 0 spiro atoms. The van der Waals surface area contributed by atoms with Gasteiger partial charge in [0.15, 0.2) is 0 Å². The van der Waals surface area contributed by atoms with Gasteiger partial charge in [0.05, 0.1) is 23.4 Å². The number of rotatable bonds is 3. The molecule has 0 unspecified atom stereocenters. The van der Waals surface area contributed by atoms with Crippen molar-refractivity contribution in [3.05, 3.63) is 48.3 Å². The van der Waals surface area contributed by atoms with Crippen LogP contribution >= 0.6 is 0 Å². The molecule has 0 saturated heterocycles. The molecule has 2 heterocycles. The number of nitrogens with two attached hydrogens (primary N) is 1. The Bertz CT molecular complexity index is 578. The van der Waals surface area contributed by atoms with Gasteiger partial charge in [0.1, 0.15) is 5.82 Å². The standard InChI is InChI=1S/C12H13N5/c13-9(5-8-6-14-7-15-8)12-16-10-3-1-2-4-11(10)17-12/h1-4,6-7,9H,5,13H2,(H,14,15)(H,16,17)/t9-/m1/s1. The fourth-order valence-corrected chi connectivity index (χ4v) is 1.88. The second-order valence-corrected chi connectivity index (χ2v) is 4.03. The average molecular weight is 227 g/mol. The van der Waals surface area contributed by atoms with Crippen LogP contribution in [0.25, 0.3) is 11.0 Å². The number of imidazole rings is 2. The smallest absolute Gasteiger partial charge is 0.124 e. The summed E-state index contributed by atoms with van der Waals surface area (Å²) in [5.41, 5.74) is 9.08. The summed E-state index contributed by atoms with van der Waals surface area (Å²) in [6.07, 6.45) is 4.13. The van der Waals surface area contributed by atoms with E-state index in [2.05, 4.69) is 19.9 Å². The van der Waals surface area contributed by atoms with E-state index in [1.165, 1.54) is 0 Å². The third kappa shape index (κ3) is 1.92. The van der Waals surface area contributed by atoms with Gasteiger partial charge in [-0.1, -0.05) is 12.1 Å². The van der Waals surface area contributed by atoms with Crippen molar-refractivity contribution < 1.29 is 0 Å². The number of nitrogens with zero attached hydrogens (tertiary/aromatic N) is 2. The number of benzene rings is 1. The number of aromatic nitrogens is 4. The summed E-state index contributed by atoms with van der Waals surface area (Å²) in [5, 5.41) is 0. The van der Waals surface area contributed by atoms with Crippen molar-refractivity contribution in [1.29, 1.82) is 0 Å². The van der Waals surface area contributed by atoms with Gasteiger partial charge in [-0.3, -0.25) is 0 Å². The maximum atomic E-state index is 6.11. The predicted molar refractivity (Wildman–Crippen MR) is 65.3 cm³/mol. The predicted octanol–water partition coefficient (Wildman–Crippen LogP) is 1.53. The molecule has 5 nitrogen and oxygen atoms in total. The van der Waals surface area contributed by atoms with E-state index >= 15 is 0 Å². The minimum Gasteiger partial charge on any atom is -0.348 e. The minimum absolute atomic E-state index is 0.150. The number of H-pyrrole nitrogens is 2. The molecule has 0 radical (unpaired) electrons. The lowest BCUT2D eigenvalue weighted by Crippen LogP contribution is -2.15. The maximum absolute atomic E-state index is 6.11. The summed E-state index contributed by atoms with van der Waals surface area (Å²) in [6.45, 7) is 0. The Hall–Kier alpha value is -2.14. The Morgan fingerprint density at radius 1 is 1.29 bits per heavy atom. The third-order valence-electron chi connectivity index (χ3n) is 2.75. The molecule has 4 N–H and O–H groups in total. The van der Waals surface area contributed by atoms with Crippen molar-refractivity contribution in [2.45, 2.75) is 12.5 Å². The Kier molecular flexibility index (Phi) is 2.38. The van der Waals surface area contributed by atoms with E-state index in [1.54, 1.807) is 12.5 Å². The highest BCUT2D eigenvalue weighted by Gasteiger charge is 2.12. The quantitative estimate of drug-likeness (QED) is 0.634. The summed E-state index contributed by atoms with van der Waals surface area (Å²) < 4.78 is 0. The first kappa shape index (κ1) is 10.0. The fourth-order valence-electron chi connectivity index (χ4n) is 1.88. The Morgan fingerprint density at radius 3 is 2.94 bits per heavy atom. The van der Waals surface area contributed by atoms with Crippen LogP contribution in [-0.4, -0.2) is 19.9 Å². The molecule has 86 valence electrons. The second kappa shape index (κ2) is 4.03. The van der Waals surface area contributed by atoms with Gasteiger partial charge in [0.25, 0.3) is 0 Å². The van der Waals surface area contributed by atoms with Crippen molar-refractivity contribution in [3.8, 4) is 0 Å². The molecule has 0 aliphatic rings. The van der Waals surface area contributed by atoms with Crippen LogP contribution in [0, 0.1) is 0 Å². The summed E-state index contributed by atoms with van der Waals surface area (Å²) in [4.78, 5) is 14.7. The molecule has 0 saturated carbocycles. The van der Waals surface area contributed by atoms with Crippen molar-refractivity contribution in [2.75, 3.05) is 0 Å². The summed E-state index contributed by atoms with van der Waals surface area (Å²) >= 11 is 0. The first-order chi connectivity index (χ1) is 8.33. The normalized spacial score (nSPS) is 13.0. The molecule has 3 aromatic rings. The zero-order valence-electron chi connectivity index (χ0n) is 9.22. The highest BCUT2D eigenvalue weighted by Crippen LogP contribution is 2.16. The van der Waals surface area contributed by atoms with Crippen LogP contribution in [-0.2, 0) is 6.42 Å². The lowest BCUT2D eigenvalue weighted by atomic mass is 10.2. The fraction of sp³-hybridized carbons (Fsp3) is 0.167. The van der Waals surface area contributed by atoms with Crippen LogP contribution in [0.15, 0.2) is 36.8 Å².